The molecule has 0 aliphatic heterocycles. The van der Waals surface area contributed by atoms with E-state index in [4.69, 9.17) is 5.11 Å². The molecule has 0 radical (unpaired) electrons. The molecule has 0 unspecified atom stereocenters. The van der Waals surface area contributed by atoms with Crippen LogP contribution in [0.4, 0.5) is 5.13 Å². The van der Waals surface area contributed by atoms with Crippen molar-refractivity contribution < 1.29 is 18.3 Å². The number of aromatic nitrogens is 1. The van der Waals surface area contributed by atoms with Gasteiger partial charge in [-0.3, -0.25) is 4.72 Å². The number of thiazole rings is 1. The van der Waals surface area contributed by atoms with Crippen molar-refractivity contribution in [3.8, 4) is 11.3 Å². The van der Waals surface area contributed by atoms with Crippen LogP contribution in [-0.4, -0.2) is 24.5 Å². The maximum Gasteiger partial charge on any atom is 0.335 e. The molecule has 27 heavy (non-hydrogen) atoms. The number of carboxylic acid groups (broad SMARTS) is 1. The molecule has 140 valence electrons. The van der Waals surface area contributed by atoms with Crippen molar-refractivity contribution in [1.29, 1.82) is 0 Å². The van der Waals surface area contributed by atoms with Crippen LogP contribution in [0.1, 0.15) is 35.7 Å². The molecule has 0 saturated carbocycles. The molecule has 8 heteroatoms. The molecule has 3 rings (SSSR count). The summed E-state index contributed by atoms with van der Waals surface area (Å²) >= 11 is 1.17. The van der Waals surface area contributed by atoms with Gasteiger partial charge >= 0.3 is 5.97 Å². The van der Waals surface area contributed by atoms with E-state index in [9.17, 15) is 13.2 Å². The molecule has 2 N–H and O–H groups in total. The average Bonchev–Trinajstić information content (AvgIpc) is 3.09. The number of aromatic carboxylic acids is 1. The molecule has 0 aliphatic rings. The van der Waals surface area contributed by atoms with Crippen molar-refractivity contribution in [3.05, 3.63) is 65.0 Å². The predicted molar refractivity (Wildman–Crippen MR) is 106 cm³/mol. The van der Waals surface area contributed by atoms with Gasteiger partial charge in [-0.05, 0) is 29.7 Å². The summed E-state index contributed by atoms with van der Waals surface area (Å²) in [5.41, 5.74) is 2.69. The summed E-state index contributed by atoms with van der Waals surface area (Å²) in [6.07, 6.45) is 0. The van der Waals surface area contributed by atoms with E-state index in [-0.39, 0.29) is 15.6 Å². The monoisotopic (exact) mass is 402 g/mol. The SMILES string of the molecule is CC(C)c1ccc(-c2csc(NS(=O)(=O)c3cccc(C(=O)O)c3)n2)cc1. The van der Waals surface area contributed by atoms with Crippen molar-refractivity contribution in [1.82, 2.24) is 4.98 Å². The third-order valence-electron chi connectivity index (χ3n) is 3.99. The summed E-state index contributed by atoms with van der Waals surface area (Å²) in [5.74, 6) is -0.758. The number of nitrogens with one attached hydrogen (secondary N) is 1. The molecule has 0 amide bonds. The van der Waals surface area contributed by atoms with E-state index < -0.39 is 16.0 Å². The molecular weight excluding hydrogens is 384 g/mol. The van der Waals surface area contributed by atoms with E-state index >= 15 is 0 Å². The van der Waals surface area contributed by atoms with Gasteiger partial charge in [-0.1, -0.05) is 44.2 Å². The van der Waals surface area contributed by atoms with E-state index in [0.29, 0.717) is 11.6 Å². The lowest BCUT2D eigenvalue weighted by Crippen LogP contribution is -2.13. The van der Waals surface area contributed by atoms with Gasteiger partial charge in [0.05, 0.1) is 16.2 Å². The highest BCUT2D eigenvalue weighted by atomic mass is 32.2. The molecule has 0 saturated heterocycles. The fourth-order valence-corrected chi connectivity index (χ4v) is 4.48. The average molecular weight is 402 g/mol. The van der Waals surface area contributed by atoms with E-state index in [2.05, 4.69) is 23.6 Å². The lowest BCUT2D eigenvalue weighted by Gasteiger charge is -2.06. The lowest BCUT2D eigenvalue weighted by molar-refractivity contribution is 0.0696. The Hall–Kier alpha value is -2.71. The zero-order valence-electron chi connectivity index (χ0n) is 14.7. The third-order valence-corrected chi connectivity index (χ3v) is 6.21. The fourth-order valence-electron chi connectivity index (χ4n) is 2.46. The minimum absolute atomic E-state index is 0.0945. The topological polar surface area (TPSA) is 96.4 Å². The van der Waals surface area contributed by atoms with E-state index in [1.165, 1.54) is 35.1 Å². The first kappa shape index (κ1) is 19.1. The number of sulfonamides is 1. The van der Waals surface area contributed by atoms with Crippen molar-refractivity contribution in [2.45, 2.75) is 24.7 Å². The quantitative estimate of drug-likeness (QED) is 0.636. The van der Waals surface area contributed by atoms with Crippen LogP contribution in [0.15, 0.2) is 58.8 Å². The van der Waals surface area contributed by atoms with Gasteiger partial charge in [0.1, 0.15) is 0 Å². The van der Waals surface area contributed by atoms with Crippen molar-refractivity contribution >= 4 is 32.5 Å². The summed E-state index contributed by atoms with van der Waals surface area (Å²) in [5, 5.41) is 11.0. The second-order valence-electron chi connectivity index (χ2n) is 6.25. The molecule has 0 aliphatic carbocycles. The molecule has 3 aromatic rings. The molecule has 0 spiro atoms. The van der Waals surface area contributed by atoms with Gasteiger partial charge in [0.2, 0.25) is 0 Å². The Morgan fingerprint density at radius 3 is 2.48 bits per heavy atom. The number of carboxylic acids is 1. The number of hydrogen-bond acceptors (Lipinski definition) is 5. The Kier molecular flexibility index (Phi) is 5.29. The molecule has 6 nitrogen and oxygen atoms in total. The van der Waals surface area contributed by atoms with Gasteiger partial charge in [-0.25, -0.2) is 18.2 Å². The van der Waals surface area contributed by atoms with E-state index in [1.807, 2.05) is 24.3 Å². The summed E-state index contributed by atoms with van der Waals surface area (Å²) in [6.45, 7) is 4.23. The van der Waals surface area contributed by atoms with Gasteiger partial charge in [0, 0.05) is 10.9 Å². The summed E-state index contributed by atoms with van der Waals surface area (Å²) < 4.78 is 27.4. The van der Waals surface area contributed by atoms with Crippen LogP contribution in [0.2, 0.25) is 0 Å². The second-order valence-corrected chi connectivity index (χ2v) is 8.79. The van der Waals surface area contributed by atoms with Crippen molar-refractivity contribution in [2.75, 3.05) is 4.72 Å². The van der Waals surface area contributed by atoms with Crippen LogP contribution in [0.5, 0.6) is 0 Å². The smallest absolute Gasteiger partial charge is 0.335 e. The Labute approximate surface area is 161 Å². The van der Waals surface area contributed by atoms with Crippen LogP contribution in [0, 0.1) is 0 Å². The zero-order chi connectivity index (χ0) is 19.6. The lowest BCUT2D eigenvalue weighted by atomic mass is 10.0. The molecule has 2 aromatic carbocycles. The molecular formula is C19H18N2O4S2. The largest absolute Gasteiger partial charge is 0.478 e. The first-order chi connectivity index (χ1) is 12.8. The van der Waals surface area contributed by atoms with E-state index in [0.717, 1.165) is 11.6 Å². The summed E-state index contributed by atoms with van der Waals surface area (Å²) in [6, 6.07) is 13.2. The highest BCUT2D eigenvalue weighted by molar-refractivity contribution is 7.93. The number of nitrogens with zero attached hydrogens (tertiary/aromatic N) is 1. The minimum atomic E-state index is -3.92. The Morgan fingerprint density at radius 1 is 1.15 bits per heavy atom. The fraction of sp³-hybridized carbons (Fsp3) is 0.158. The van der Waals surface area contributed by atoms with Crippen LogP contribution >= 0.6 is 11.3 Å². The van der Waals surface area contributed by atoms with Gasteiger partial charge in [0.25, 0.3) is 10.0 Å². The van der Waals surface area contributed by atoms with Crippen LogP contribution in [0.3, 0.4) is 0 Å². The molecule has 1 aromatic heterocycles. The number of anilines is 1. The normalized spacial score (nSPS) is 11.5. The standard InChI is InChI=1S/C19H18N2O4S2/c1-12(2)13-6-8-14(9-7-13)17-11-26-19(20-17)21-27(24,25)16-5-3-4-15(10-16)18(22)23/h3-12H,1-2H3,(H,20,21)(H,22,23). The van der Waals surface area contributed by atoms with Crippen LogP contribution in [0.25, 0.3) is 11.3 Å². The van der Waals surface area contributed by atoms with Crippen molar-refractivity contribution in [2.24, 2.45) is 0 Å². The Balaban J connectivity index is 1.82. The van der Waals surface area contributed by atoms with Gasteiger partial charge < -0.3 is 5.11 Å². The molecule has 0 fully saturated rings. The number of hydrogen-bond donors (Lipinski definition) is 2. The Morgan fingerprint density at radius 2 is 1.85 bits per heavy atom. The van der Waals surface area contributed by atoms with Gasteiger partial charge in [0.15, 0.2) is 5.13 Å². The van der Waals surface area contributed by atoms with Gasteiger partial charge in [-0.15, -0.1) is 11.3 Å². The molecule has 1 heterocycles. The first-order valence-corrected chi connectivity index (χ1v) is 10.5. The van der Waals surface area contributed by atoms with Crippen LogP contribution in [-0.2, 0) is 10.0 Å². The summed E-state index contributed by atoms with van der Waals surface area (Å²) in [4.78, 5) is 15.2. The van der Waals surface area contributed by atoms with Gasteiger partial charge in [-0.2, -0.15) is 0 Å². The first-order valence-electron chi connectivity index (χ1n) is 8.18. The number of carbonyl (C=O) groups is 1. The maximum absolute atomic E-state index is 12.5. The highest BCUT2D eigenvalue weighted by Crippen LogP contribution is 2.28. The summed E-state index contributed by atoms with van der Waals surface area (Å²) in [7, 11) is -3.92. The second kappa shape index (κ2) is 7.50. The molecule has 0 atom stereocenters. The van der Waals surface area contributed by atoms with E-state index in [1.54, 1.807) is 5.38 Å². The molecule has 0 bridgehead atoms. The predicted octanol–water partition coefficient (Wildman–Crippen LogP) is 4.43. The number of rotatable bonds is 6. The minimum Gasteiger partial charge on any atom is -0.478 e. The highest BCUT2D eigenvalue weighted by Gasteiger charge is 2.18. The maximum atomic E-state index is 12.5. The van der Waals surface area contributed by atoms with Crippen molar-refractivity contribution in [3.63, 3.8) is 0 Å². The van der Waals surface area contributed by atoms with Crippen LogP contribution < -0.4 is 4.72 Å². The Bertz CT molecular complexity index is 1070. The zero-order valence-corrected chi connectivity index (χ0v) is 16.3. The number of benzene rings is 2. The third kappa shape index (κ3) is 4.35.